The fourth-order valence-electron chi connectivity index (χ4n) is 2.71. The summed E-state index contributed by atoms with van der Waals surface area (Å²) < 4.78 is 0. The number of hydrogen-bond donors (Lipinski definition) is 1. The summed E-state index contributed by atoms with van der Waals surface area (Å²) in [4.78, 5) is 12.2. The van der Waals surface area contributed by atoms with Gasteiger partial charge < -0.3 is 5.11 Å². The Labute approximate surface area is 91.4 Å². The Morgan fingerprint density at radius 2 is 1.87 bits per heavy atom. The van der Waals surface area contributed by atoms with Crippen molar-refractivity contribution >= 4 is 5.78 Å². The number of carbonyl (C=O) groups is 1. The fourth-order valence-corrected chi connectivity index (χ4v) is 2.71. The van der Waals surface area contributed by atoms with Crippen molar-refractivity contribution in [1.29, 1.82) is 0 Å². The largest absolute Gasteiger partial charge is 0.382 e. The van der Waals surface area contributed by atoms with Gasteiger partial charge in [-0.3, -0.25) is 4.79 Å². The zero-order valence-corrected chi connectivity index (χ0v) is 9.30. The van der Waals surface area contributed by atoms with Crippen molar-refractivity contribution in [1.82, 2.24) is 0 Å². The van der Waals surface area contributed by atoms with Gasteiger partial charge in [0.25, 0.3) is 0 Å². The third-order valence-electron chi connectivity index (χ3n) is 3.69. The summed E-state index contributed by atoms with van der Waals surface area (Å²) in [5.41, 5.74) is -0.118. The summed E-state index contributed by atoms with van der Waals surface area (Å²) in [5, 5.41) is 10.3. The number of rotatable bonds is 2. The Morgan fingerprint density at radius 1 is 1.13 bits per heavy atom. The minimum absolute atomic E-state index is 0.0295. The van der Waals surface area contributed by atoms with E-state index in [1.165, 1.54) is 6.42 Å². The lowest BCUT2D eigenvalue weighted by atomic mass is 9.77. The highest BCUT2D eigenvalue weighted by molar-refractivity contribution is 6.01. The first-order valence-corrected chi connectivity index (χ1v) is 6.19. The third kappa shape index (κ3) is 2.31. The molecule has 2 rings (SSSR count). The molecular formula is C13H20O2. The van der Waals surface area contributed by atoms with Gasteiger partial charge in [0.2, 0.25) is 0 Å². The first-order chi connectivity index (χ1) is 7.22. The highest BCUT2D eigenvalue weighted by Crippen LogP contribution is 2.33. The molecular weight excluding hydrogens is 188 g/mol. The van der Waals surface area contributed by atoms with Crippen LogP contribution in [0.4, 0.5) is 0 Å². The smallest absolute Gasteiger partial charge is 0.189 e. The maximum atomic E-state index is 12.2. The van der Waals surface area contributed by atoms with E-state index in [-0.39, 0.29) is 5.78 Å². The predicted octanol–water partition coefficient (Wildman–Crippen LogP) is 2.75. The summed E-state index contributed by atoms with van der Waals surface area (Å²) >= 11 is 0. The van der Waals surface area contributed by atoms with Gasteiger partial charge >= 0.3 is 0 Å². The molecule has 0 bridgehead atoms. The van der Waals surface area contributed by atoms with E-state index in [0.717, 1.165) is 44.1 Å². The van der Waals surface area contributed by atoms with E-state index in [2.05, 4.69) is 0 Å². The number of hydrogen-bond acceptors (Lipinski definition) is 2. The monoisotopic (exact) mass is 208 g/mol. The zero-order valence-electron chi connectivity index (χ0n) is 9.30. The molecule has 0 aromatic heterocycles. The van der Waals surface area contributed by atoms with Crippen molar-refractivity contribution in [2.75, 3.05) is 0 Å². The van der Waals surface area contributed by atoms with Crippen molar-refractivity contribution in [2.24, 2.45) is 0 Å². The summed E-state index contributed by atoms with van der Waals surface area (Å²) in [6.07, 6.45) is 10.7. The Hall–Kier alpha value is -0.630. The average molecular weight is 208 g/mol. The summed E-state index contributed by atoms with van der Waals surface area (Å²) in [5.74, 6) is 0.0295. The Balaban J connectivity index is 2.08. The van der Waals surface area contributed by atoms with Crippen LogP contribution < -0.4 is 0 Å². The molecule has 0 saturated heterocycles. The van der Waals surface area contributed by atoms with Crippen LogP contribution in [-0.2, 0) is 4.79 Å². The van der Waals surface area contributed by atoms with Crippen LogP contribution in [0.15, 0.2) is 11.6 Å². The Bertz CT molecular complexity index is 272. The van der Waals surface area contributed by atoms with Crippen molar-refractivity contribution in [3.05, 3.63) is 11.6 Å². The molecule has 1 saturated carbocycles. The normalized spacial score (nSPS) is 25.8. The Kier molecular flexibility index (Phi) is 3.25. The second-order valence-corrected chi connectivity index (χ2v) is 4.90. The second kappa shape index (κ2) is 4.48. The lowest BCUT2D eigenvalue weighted by Gasteiger charge is -2.32. The zero-order chi connectivity index (χ0) is 10.7. The van der Waals surface area contributed by atoms with Crippen LogP contribution in [-0.4, -0.2) is 16.5 Å². The van der Waals surface area contributed by atoms with Gasteiger partial charge in [0.1, 0.15) is 5.60 Å². The lowest BCUT2D eigenvalue weighted by molar-refractivity contribution is -0.136. The fraction of sp³-hybridized carbons (Fsp3) is 0.769. The van der Waals surface area contributed by atoms with Gasteiger partial charge in [-0.15, -0.1) is 0 Å². The van der Waals surface area contributed by atoms with Crippen LogP contribution in [0.5, 0.6) is 0 Å². The van der Waals surface area contributed by atoms with Crippen LogP contribution in [0.25, 0.3) is 0 Å². The van der Waals surface area contributed by atoms with Gasteiger partial charge in [-0.05, 0) is 44.1 Å². The SMILES string of the molecule is O=C(C1=CCCCC1)C1(O)CCCCC1. The van der Waals surface area contributed by atoms with Crippen LogP contribution >= 0.6 is 0 Å². The molecule has 2 aliphatic carbocycles. The van der Waals surface area contributed by atoms with Crippen LogP contribution in [0.2, 0.25) is 0 Å². The van der Waals surface area contributed by atoms with Crippen molar-refractivity contribution in [3.8, 4) is 0 Å². The lowest BCUT2D eigenvalue weighted by Crippen LogP contribution is -2.41. The maximum absolute atomic E-state index is 12.2. The van der Waals surface area contributed by atoms with E-state index in [0.29, 0.717) is 12.8 Å². The van der Waals surface area contributed by atoms with E-state index in [9.17, 15) is 9.90 Å². The molecule has 1 N–H and O–H groups in total. The quantitative estimate of drug-likeness (QED) is 0.757. The minimum Gasteiger partial charge on any atom is -0.382 e. The molecule has 0 aromatic carbocycles. The molecule has 2 aliphatic rings. The second-order valence-electron chi connectivity index (χ2n) is 4.90. The molecule has 1 fully saturated rings. The molecule has 0 atom stereocenters. The molecule has 15 heavy (non-hydrogen) atoms. The molecule has 0 amide bonds. The molecule has 0 aromatic rings. The predicted molar refractivity (Wildman–Crippen MR) is 59.6 cm³/mol. The number of aliphatic hydroxyl groups is 1. The summed E-state index contributed by atoms with van der Waals surface area (Å²) in [7, 11) is 0. The first-order valence-electron chi connectivity index (χ1n) is 6.19. The Morgan fingerprint density at radius 3 is 2.47 bits per heavy atom. The first kappa shape index (κ1) is 10.9. The summed E-state index contributed by atoms with van der Waals surface area (Å²) in [6, 6.07) is 0. The third-order valence-corrected chi connectivity index (χ3v) is 3.69. The molecule has 0 spiro atoms. The van der Waals surface area contributed by atoms with E-state index < -0.39 is 5.60 Å². The van der Waals surface area contributed by atoms with E-state index >= 15 is 0 Å². The number of allylic oxidation sites excluding steroid dienone is 1. The van der Waals surface area contributed by atoms with Gasteiger partial charge in [0.05, 0.1) is 0 Å². The molecule has 0 aliphatic heterocycles. The summed E-state index contributed by atoms with van der Waals surface area (Å²) in [6.45, 7) is 0. The van der Waals surface area contributed by atoms with E-state index in [4.69, 9.17) is 0 Å². The average Bonchev–Trinajstić information content (AvgIpc) is 2.30. The van der Waals surface area contributed by atoms with Gasteiger partial charge in [0, 0.05) is 0 Å². The van der Waals surface area contributed by atoms with Crippen LogP contribution in [0.3, 0.4) is 0 Å². The van der Waals surface area contributed by atoms with Crippen molar-refractivity contribution in [2.45, 2.75) is 63.4 Å². The van der Waals surface area contributed by atoms with Gasteiger partial charge in [0.15, 0.2) is 5.78 Å². The number of ketones is 1. The van der Waals surface area contributed by atoms with Gasteiger partial charge in [-0.2, -0.15) is 0 Å². The standard InChI is InChI=1S/C13H20O2/c14-12(11-7-3-1-4-8-11)13(15)9-5-2-6-10-13/h7,15H,1-6,8-10H2. The number of carbonyl (C=O) groups excluding carboxylic acids is 1. The molecule has 84 valence electrons. The van der Waals surface area contributed by atoms with Crippen LogP contribution in [0.1, 0.15) is 57.8 Å². The number of Topliss-reactive ketones (excluding diaryl/α,β-unsaturated/α-hetero) is 1. The topological polar surface area (TPSA) is 37.3 Å². The van der Waals surface area contributed by atoms with Crippen molar-refractivity contribution < 1.29 is 9.90 Å². The molecule has 0 unspecified atom stereocenters. The van der Waals surface area contributed by atoms with Gasteiger partial charge in [-0.25, -0.2) is 0 Å². The van der Waals surface area contributed by atoms with E-state index in [1.807, 2.05) is 6.08 Å². The molecule has 0 heterocycles. The van der Waals surface area contributed by atoms with Crippen molar-refractivity contribution in [3.63, 3.8) is 0 Å². The molecule has 2 heteroatoms. The molecule has 2 nitrogen and oxygen atoms in total. The van der Waals surface area contributed by atoms with Crippen LogP contribution in [0, 0.1) is 0 Å². The van der Waals surface area contributed by atoms with Gasteiger partial charge in [-0.1, -0.05) is 25.3 Å². The maximum Gasteiger partial charge on any atom is 0.189 e. The highest BCUT2D eigenvalue weighted by atomic mass is 16.3. The molecule has 0 radical (unpaired) electrons. The van der Waals surface area contributed by atoms with E-state index in [1.54, 1.807) is 0 Å². The minimum atomic E-state index is -1.01. The highest BCUT2D eigenvalue weighted by Gasteiger charge is 2.38.